The van der Waals surface area contributed by atoms with Gasteiger partial charge in [0.15, 0.2) is 0 Å². The van der Waals surface area contributed by atoms with E-state index in [0.717, 1.165) is 0 Å². The number of carbonyl (C=O) groups is 2. The smallest absolute Gasteiger partial charge is 0.309 e. The lowest BCUT2D eigenvalue weighted by Crippen LogP contribution is -2.30. The van der Waals surface area contributed by atoms with Crippen molar-refractivity contribution in [1.82, 2.24) is 0 Å². The summed E-state index contributed by atoms with van der Waals surface area (Å²) in [4.78, 5) is 23.8. The molecule has 2 atom stereocenters. The molecule has 0 saturated carbocycles. The van der Waals surface area contributed by atoms with Gasteiger partial charge in [0.25, 0.3) is 0 Å². The highest BCUT2D eigenvalue weighted by molar-refractivity contribution is 5.81. The van der Waals surface area contributed by atoms with Crippen molar-refractivity contribution >= 4 is 11.9 Å². The lowest BCUT2D eigenvalue weighted by molar-refractivity contribution is -0.161. The van der Waals surface area contributed by atoms with Crippen molar-refractivity contribution in [1.29, 1.82) is 0 Å². The Morgan fingerprint density at radius 1 is 0.625 bits per heavy atom. The Labute approximate surface area is 143 Å². The minimum absolute atomic E-state index is 0.141. The predicted molar refractivity (Wildman–Crippen MR) is 85.6 cm³/mol. The normalized spacial score (nSPS) is 13.3. The molecule has 0 aliphatic heterocycles. The summed E-state index contributed by atoms with van der Waals surface area (Å²) in [7, 11) is 3.16. The Morgan fingerprint density at radius 3 is 1.29 bits per heavy atom. The molecule has 24 heavy (non-hydrogen) atoms. The summed E-state index contributed by atoms with van der Waals surface area (Å²) in [6.45, 7) is 6.00. The molecule has 0 radical (unpaired) electrons. The number of esters is 2. The van der Waals surface area contributed by atoms with Crippen LogP contribution >= 0.6 is 0 Å². The molecular formula is C16H30O8. The topological polar surface area (TPSA) is 89.5 Å². The maximum absolute atomic E-state index is 11.9. The van der Waals surface area contributed by atoms with Gasteiger partial charge in [-0.1, -0.05) is 13.8 Å². The van der Waals surface area contributed by atoms with Gasteiger partial charge in [-0.05, 0) is 0 Å². The number of hydrogen-bond acceptors (Lipinski definition) is 8. The Balaban J connectivity index is 3.83. The molecule has 8 heteroatoms. The van der Waals surface area contributed by atoms with Crippen LogP contribution in [0.1, 0.15) is 13.8 Å². The lowest BCUT2D eigenvalue weighted by atomic mass is 9.96. The first-order valence-corrected chi connectivity index (χ1v) is 8.01. The van der Waals surface area contributed by atoms with Crippen molar-refractivity contribution < 1.29 is 38.0 Å². The van der Waals surface area contributed by atoms with E-state index in [2.05, 4.69) is 0 Å². The molecule has 0 amide bonds. The van der Waals surface area contributed by atoms with E-state index in [4.69, 9.17) is 28.4 Å². The molecular weight excluding hydrogens is 320 g/mol. The van der Waals surface area contributed by atoms with E-state index in [1.807, 2.05) is 0 Å². The summed E-state index contributed by atoms with van der Waals surface area (Å²) in [6.07, 6.45) is 0. The Hall–Kier alpha value is -1.22. The highest BCUT2D eigenvalue weighted by atomic mass is 16.6. The highest BCUT2D eigenvalue weighted by Crippen LogP contribution is 2.14. The van der Waals surface area contributed by atoms with Crippen LogP contribution in [0, 0.1) is 11.8 Å². The summed E-state index contributed by atoms with van der Waals surface area (Å²) in [5.41, 5.74) is 0. The summed E-state index contributed by atoms with van der Waals surface area (Å²) >= 11 is 0. The standard InChI is InChI=1S/C16H30O8/c1-13(15(17)23-11-9-21-7-5-19-3)14(2)16(18)24-12-10-22-8-6-20-4/h13-14H,5-12H2,1-4H3. The van der Waals surface area contributed by atoms with Crippen molar-refractivity contribution in [2.45, 2.75) is 13.8 Å². The zero-order valence-corrected chi connectivity index (χ0v) is 15.1. The van der Waals surface area contributed by atoms with Gasteiger partial charge in [0.2, 0.25) is 0 Å². The number of methoxy groups -OCH3 is 2. The summed E-state index contributed by atoms with van der Waals surface area (Å²) in [6, 6.07) is 0. The van der Waals surface area contributed by atoms with Crippen LogP contribution in [0.4, 0.5) is 0 Å². The van der Waals surface area contributed by atoms with Crippen LogP contribution in [0.15, 0.2) is 0 Å². The van der Waals surface area contributed by atoms with E-state index in [9.17, 15) is 9.59 Å². The molecule has 0 heterocycles. The Bertz CT molecular complexity index is 302. The molecule has 0 aromatic carbocycles. The number of carbonyl (C=O) groups excluding carboxylic acids is 2. The van der Waals surface area contributed by atoms with Gasteiger partial charge in [0.1, 0.15) is 13.2 Å². The fourth-order valence-electron chi connectivity index (χ4n) is 1.56. The average molecular weight is 350 g/mol. The monoisotopic (exact) mass is 350 g/mol. The molecule has 0 fully saturated rings. The zero-order chi connectivity index (χ0) is 18.2. The SMILES string of the molecule is COCCOCCOC(=O)C(C)C(C)C(=O)OCCOCCOC. The van der Waals surface area contributed by atoms with Crippen molar-refractivity contribution in [2.75, 3.05) is 67.1 Å². The van der Waals surface area contributed by atoms with Crippen LogP contribution in [0.2, 0.25) is 0 Å². The van der Waals surface area contributed by atoms with Gasteiger partial charge in [0, 0.05) is 14.2 Å². The molecule has 0 aliphatic carbocycles. The van der Waals surface area contributed by atoms with Crippen LogP contribution in [0.25, 0.3) is 0 Å². The van der Waals surface area contributed by atoms with Crippen molar-refractivity contribution in [3.63, 3.8) is 0 Å². The van der Waals surface area contributed by atoms with Crippen LogP contribution in [0.3, 0.4) is 0 Å². The third-order valence-corrected chi connectivity index (χ3v) is 3.30. The molecule has 0 aromatic rings. The maximum Gasteiger partial charge on any atom is 0.309 e. The van der Waals surface area contributed by atoms with Crippen LogP contribution in [-0.2, 0) is 38.0 Å². The fourth-order valence-corrected chi connectivity index (χ4v) is 1.56. The van der Waals surface area contributed by atoms with Gasteiger partial charge < -0.3 is 28.4 Å². The first-order chi connectivity index (χ1) is 11.5. The van der Waals surface area contributed by atoms with Gasteiger partial charge in [-0.2, -0.15) is 0 Å². The van der Waals surface area contributed by atoms with E-state index >= 15 is 0 Å². The molecule has 0 rings (SSSR count). The minimum atomic E-state index is -0.592. The van der Waals surface area contributed by atoms with Gasteiger partial charge in [-0.3, -0.25) is 9.59 Å². The third-order valence-electron chi connectivity index (χ3n) is 3.30. The first-order valence-electron chi connectivity index (χ1n) is 8.01. The number of ether oxygens (including phenoxy) is 6. The van der Waals surface area contributed by atoms with Crippen LogP contribution in [0.5, 0.6) is 0 Å². The third kappa shape index (κ3) is 11.3. The van der Waals surface area contributed by atoms with Gasteiger partial charge in [0.05, 0.1) is 51.5 Å². The van der Waals surface area contributed by atoms with Crippen molar-refractivity contribution in [3.05, 3.63) is 0 Å². The lowest BCUT2D eigenvalue weighted by Gasteiger charge is -2.17. The second-order valence-corrected chi connectivity index (χ2v) is 5.12. The maximum atomic E-state index is 11.9. The second kappa shape index (κ2) is 15.3. The average Bonchev–Trinajstić information content (AvgIpc) is 2.59. The van der Waals surface area contributed by atoms with E-state index in [0.29, 0.717) is 39.6 Å². The summed E-state index contributed by atoms with van der Waals surface area (Å²) in [5, 5.41) is 0. The number of hydrogen-bond donors (Lipinski definition) is 0. The molecule has 0 spiro atoms. The summed E-state index contributed by atoms with van der Waals surface area (Å²) < 4.78 is 30.2. The molecule has 0 N–H and O–H groups in total. The molecule has 0 aliphatic rings. The highest BCUT2D eigenvalue weighted by Gasteiger charge is 2.28. The molecule has 0 aromatic heterocycles. The van der Waals surface area contributed by atoms with E-state index in [1.165, 1.54) is 0 Å². The largest absolute Gasteiger partial charge is 0.463 e. The van der Waals surface area contributed by atoms with Crippen LogP contribution < -0.4 is 0 Å². The number of rotatable bonds is 15. The van der Waals surface area contributed by atoms with Gasteiger partial charge >= 0.3 is 11.9 Å². The summed E-state index contributed by atoms with van der Waals surface area (Å²) in [5.74, 6) is -2.09. The fraction of sp³-hybridized carbons (Fsp3) is 0.875. The second-order valence-electron chi connectivity index (χ2n) is 5.12. The van der Waals surface area contributed by atoms with Crippen LogP contribution in [-0.4, -0.2) is 79.0 Å². The Kier molecular flexibility index (Phi) is 14.5. The van der Waals surface area contributed by atoms with Crippen molar-refractivity contribution in [3.8, 4) is 0 Å². The van der Waals surface area contributed by atoms with E-state index in [-0.39, 0.29) is 13.2 Å². The molecule has 8 nitrogen and oxygen atoms in total. The quantitative estimate of drug-likeness (QED) is 0.314. The molecule has 2 unspecified atom stereocenters. The van der Waals surface area contributed by atoms with Gasteiger partial charge in [-0.25, -0.2) is 0 Å². The van der Waals surface area contributed by atoms with Gasteiger partial charge in [-0.15, -0.1) is 0 Å². The van der Waals surface area contributed by atoms with E-state index < -0.39 is 23.8 Å². The minimum Gasteiger partial charge on any atom is -0.463 e. The van der Waals surface area contributed by atoms with Crippen molar-refractivity contribution in [2.24, 2.45) is 11.8 Å². The predicted octanol–water partition coefficient (Wildman–Crippen LogP) is 0.671. The Morgan fingerprint density at radius 2 is 0.958 bits per heavy atom. The molecule has 142 valence electrons. The molecule has 0 saturated heterocycles. The first kappa shape index (κ1) is 22.8. The van der Waals surface area contributed by atoms with E-state index in [1.54, 1.807) is 28.1 Å². The zero-order valence-electron chi connectivity index (χ0n) is 15.1. The molecule has 0 bridgehead atoms.